The summed E-state index contributed by atoms with van der Waals surface area (Å²) in [4.78, 5) is 20.2. The third kappa shape index (κ3) is 5.37. The highest BCUT2D eigenvalue weighted by atomic mass is 19.4. The van der Waals surface area contributed by atoms with E-state index in [1.165, 1.54) is 24.4 Å². The van der Waals surface area contributed by atoms with Crippen LogP contribution in [0.3, 0.4) is 0 Å². The fourth-order valence-electron chi connectivity index (χ4n) is 3.27. The van der Waals surface area contributed by atoms with Gasteiger partial charge in [0.25, 0.3) is 5.91 Å². The number of rotatable bonds is 5. The van der Waals surface area contributed by atoms with Crippen molar-refractivity contribution >= 4 is 17.4 Å². The van der Waals surface area contributed by atoms with E-state index in [9.17, 15) is 26.7 Å². The van der Waals surface area contributed by atoms with Crippen LogP contribution in [-0.2, 0) is 6.18 Å². The SMILES string of the molecule is NCC#Cc1c(Oc2ccc(NC(=O)c3cnn(-c4ncccc4F)c3C(F)(F)F)cc2F)ccnc1N. The van der Waals surface area contributed by atoms with E-state index in [2.05, 4.69) is 32.2 Å². The minimum Gasteiger partial charge on any atom is -0.453 e. The van der Waals surface area contributed by atoms with Crippen molar-refractivity contribution < 1.29 is 31.5 Å². The summed E-state index contributed by atoms with van der Waals surface area (Å²) in [6, 6.07) is 6.64. The van der Waals surface area contributed by atoms with Gasteiger partial charge in [-0.05, 0) is 24.3 Å². The first kappa shape index (κ1) is 26.0. The first-order chi connectivity index (χ1) is 18.1. The zero-order valence-electron chi connectivity index (χ0n) is 19.1. The predicted molar refractivity (Wildman–Crippen MR) is 125 cm³/mol. The lowest BCUT2D eigenvalue weighted by atomic mass is 10.2. The molecule has 0 saturated heterocycles. The van der Waals surface area contributed by atoms with Crippen LogP contribution in [0, 0.1) is 23.5 Å². The molecule has 9 nitrogen and oxygen atoms in total. The highest BCUT2D eigenvalue weighted by Crippen LogP contribution is 2.35. The number of amides is 1. The van der Waals surface area contributed by atoms with Crippen LogP contribution in [0.25, 0.3) is 5.82 Å². The minimum atomic E-state index is -5.10. The summed E-state index contributed by atoms with van der Waals surface area (Å²) in [7, 11) is 0. The normalized spacial score (nSPS) is 11.0. The van der Waals surface area contributed by atoms with Crippen LogP contribution in [0.15, 0.2) is 55.0 Å². The number of benzene rings is 1. The number of alkyl halides is 3. The number of anilines is 2. The Morgan fingerprint density at radius 3 is 2.55 bits per heavy atom. The maximum absolute atomic E-state index is 14.8. The summed E-state index contributed by atoms with van der Waals surface area (Å²) in [6.07, 6.45) is -2.11. The number of ether oxygens (including phenoxy) is 1. The third-order valence-electron chi connectivity index (χ3n) is 4.89. The lowest BCUT2D eigenvalue weighted by Gasteiger charge is -2.13. The van der Waals surface area contributed by atoms with Gasteiger partial charge in [-0.2, -0.15) is 18.3 Å². The van der Waals surface area contributed by atoms with E-state index in [0.29, 0.717) is 6.20 Å². The summed E-state index contributed by atoms with van der Waals surface area (Å²) in [5, 5.41) is 5.66. The average Bonchev–Trinajstić information content (AvgIpc) is 3.32. The molecule has 0 unspecified atom stereocenters. The topological polar surface area (TPSA) is 134 Å². The molecule has 0 aliphatic rings. The van der Waals surface area contributed by atoms with Crippen molar-refractivity contribution in [2.24, 2.45) is 5.73 Å². The standard InChI is InChI=1S/C24H16F5N7O2/c25-16-4-2-9-33-22(16)36-20(24(27,28)29)15(12-34-36)23(37)35-13-5-6-19(17(26)11-13)38-18-7-10-32-21(31)14(18)3-1-8-30/h2,4-7,9-12H,8,30H2,(H2,31,32)(H,35,37). The molecule has 0 aliphatic carbocycles. The number of nitrogen functional groups attached to an aromatic ring is 1. The van der Waals surface area contributed by atoms with Gasteiger partial charge in [-0.25, -0.2) is 23.4 Å². The van der Waals surface area contributed by atoms with Crippen molar-refractivity contribution in [3.63, 3.8) is 0 Å². The van der Waals surface area contributed by atoms with Crippen LogP contribution in [-0.4, -0.2) is 32.2 Å². The Kier molecular flexibility index (Phi) is 7.22. The zero-order valence-corrected chi connectivity index (χ0v) is 19.1. The van der Waals surface area contributed by atoms with Gasteiger partial charge in [-0.15, -0.1) is 0 Å². The maximum Gasteiger partial charge on any atom is 0.434 e. The molecule has 0 bridgehead atoms. The van der Waals surface area contributed by atoms with Gasteiger partial charge in [0.05, 0.1) is 18.3 Å². The van der Waals surface area contributed by atoms with Crippen molar-refractivity contribution in [3.05, 3.63) is 83.4 Å². The van der Waals surface area contributed by atoms with Crippen LogP contribution in [0.2, 0.25) is 0 Å². The van der Waals surface area contributed by atoms with Crippen molar-refractivity contribution in [1.82, 2.24) is 19.7 Å². The predicted octanol–water partition coefficient (Wildman–Crippen LogP) is 3.90. The molecule has 14 heteroatoms. The number of carbonyl (C=O) groups excluding carboxylic acids is 1. The molecule has 0 atom stereocenters. The monoisotopic (exact) mass is 529 g/mol. The highest BCUT2D eigenvalue weighted by Gasteiger charge is 2.41. The molecule has 0 spiro atoms. The first-order valence-corrected chi connectivity index (χ1v) is 10.6. The Morgan fingerprint density at radius 2 is 1.87 bits per heavy atom. The second-order valence-corrected chi connectivity index (χ2v) is 7.40. The van der Waals surface area contributed by atoms with Crippen molar-refractivity contribution in [3.8, 4) is 29.2 Å². The molecule has 3 aromatic heterocycles. The molecule has 1 aromatic carbocycles. The van der Waals surface area contributed by atoms with Crippen molar-refractivity contribution in [2.45, 2.75) is 6.18 Å². The van der Waals surface area contributed by atoms with Gasteiger partial charge in [0, 0.05) is 30.2 Å². The molecule has 3 heterocycles. The quantitative estimate of drug-likeness (QED) is 0.264. The van der Waals surface area contributed by atoms with Crippen LogP contribution < -0.4 is 21.5 Å². The molecule has 0 aliphatic heterocycles. The molecule has 0 saturated carbocycles. The average molecular weight is 529 g/mol. The second-order valence-electron chi connectivity index (χ2n) is 7.40. The Bertz CT molecular complexity index is 1570. The summed E-state index contributed by atoms with van der Waals surface area (Å²) in [5.41, 5.74) is 8.65. The fourth-order valence-corrected chi connectivity index (χ4v) is 3.27. The van der Waals surface area contributed by atoms with E-state index in [1.807, 2.05) is 0 Å². The molecule has 0 fully saturated rings. The van der Waals surface area contributed by atoms with Gasteiger partial charge in [0.1, 0.15) is 17.1 Å². The van der Waals surface area contributed by atoms with E-state index in [1.54, 1.807) is 0 Å². The largest absolute Gasteiger partial charge is 0.453 e. The fraction of sp³-hybridized carbons (Fsp3) is 0.0833. The lowest BCUT2D eigenvalue weighted by molar-refractivity contribution is -0.143. The van der Waals surface area contributed by atoms with E-state index in [4.69, 9.17) is 16.2 Å². The number of aromatic nitrogens is 4. The van der Waals surface area contributed by atoms with Crippen LogP contribution >= 0.6 is 0 Å². The first-order valence-electron chi connectivity index (χ1n) is 10.6. The van der Waals surface area contributed by atoms with E-state index < -0.39 is 40.8 Å². The number of hydrogen-bond acceptors (Lipinski definition) is 7. The smallest absolute Gasteiger partial charge is 0.434 e. The molecule has 38 heavy (non-hydrogen) atoms. The number of halogens is 5. The minimum absolute atomic E-state index is 0.0272. The zero-order chi connectivity index (χ0) is 27.4. The van der Waals surface area contributed by atoms with E-state index >= 15 is 0 Å². The number of nitrogens with two attached hydrogens (primary N) is 2. The van der Waals surface area contributed by atoms with Crippen molar-refractivity contribution in [2.75, 3.05) is 17.6 Å². The van der Waals surface area contributed by atoms with Gasteiger partial charge in [0.15, 0.2) is 28.9 Å². The van der Waals surface area contributed by atoms with Crippen molar-refractivity contribution in [1.29, 1.82) is 0 Å². The van der Waals surface area contributed by atoms with Crippen LogP contribution in [0.1, 0.15) is 21.6 Å². The van der Waals surface area contributed by atoms with Gasteiger partial charge in [-0.3, -0.25) is 4.79 Å². The van der Waals surface area contributed by atoms with E-state index in [-0.39, 0.29) is 39.8 Å². The lowest BCUT2D eigenvalue weighted by Crippen LogP contribution is -2.21. The Labute approximate surface area is 211 Å². The van der Waals surface area contributed by atoms with Crippen LogP contribution in [0.5, 0.6) is 11.5 Å². The Hall–Kier alpha value is -5.03. The third-order valence-corrected chi connectivity index (χ3v) is 4.89. The second kappa shape index (κ2) is 10.5. The molecule has 4 rings (SSSR count). The van der Waals surface area contributed by atoms with Gasteiger partial charge in [-0.1, -0.05) is 11.8 Å². The number of nitrogens with one attached hydrogen (secondary N) is 1. The number of nitrogens with zero attached hydrogens (tertiary/aromatic N) is 4. The summed E-state index contributed by atoms with van der Waals surface area (Å²) >= 11 is 0. The molecular weight excluding hydrogens is 513 g/mol. The summed E-state index contributed by atoms with van der Waals surface area (Å²) < 4.78 is 76.0. The number of pyridine rings is 2. The Morgan fingerprint density at radius 1 is 1.08 bits per heavy atom. The molecule has 194 valence electrons. The maximum atomic E-state index is 14.8. The van der Waals surface area contributed by atoms with E-state index in [0.717, 1.165) is 24.4 Å². The number of hydrogen-bond donors (Lipinski definition) is 3. The van der Waals surface area contributed by atoms with Gasteiger partial charge >= 0.3 is 6.18 Å². The molecule has 1 amide bonds. The summed E-state index contributed by atoms with van der Waals surface area (Å²) in [6.45, 7) is 0.0300. The van der Waals surface area contributed by atoms with Gasteiger partial charge < -0.3 is 21.5 Å². The molecular formula is C24H16F5N7O2. The van der Waals surface area contributed by atoms with Gasteiger partial charge in [0.2, 0.25) is 0 Å². The summed E-state index contributed by atoms with van der Waals surface area (Å²) in [5.74, 6) is 1.02. The molecule has 0 radical (unpaired) electrons. The molecule has 4 aromatic rings. The highest BCUT2D eigenvalue weighted by molar-refractivity contribution is 6.05. The molecule has 5 N–H and O–H groups in total. The Balaban J connectivity index is 1.61. The number of carbonyl (C=O) groups is 1. The van der Waals surface area contributed by atoms with Crippen LogP contribution in [0.4, 0.5) is 33.5 Å².